The van der Waals surface area contributed by atoms with Crippen LogP contribution < -0.4 is 5.48 Å². The minimum absolute atomic E-state index is 0.429. The summed E-state index contributed by atoms with van der Waals surface area (Å²) in [6.45, 7) is 3.76. The van der Waals surface area contributed by atoms with Crippen LogP contribution in [0.25, 0.3) is 0 Å². The maximum absolute atomic E-state index is 11.3. The second-order valence-electron chi connectivity index (χ2n) is 3.94. The zero-order chi connectivity index (χ0) is 14.0. The second-order valence-corrected chi connectivity index (χ2v) is 7.85. The van der Waals surface area contributed by atoms with Crippen molar-refractivity contribution < 1.29 is 28.4 Å². The van der Waals surface area contributed by atoms with E-state index >= 15 is 0 Å². The Labute approximate surface area is 104 Å². The summed E-state index contributed by atoms with van der Waals surface area (Å²) in [6, 6.07) is 5.10. The monoisotopic (exact) mass is 295 g/mol. The normalized spacial score (nSPS) is 15.2. The zero-order valence-corrected chi connectivity index (χ0v) is 11.7. The van der Waals surface area contributed by atoms with Gasteiger partial charge in [0.05, 0.1) is 5.69 Å². The Kier molecular flexibility index (Phi) is 4.72. The van der Waals surface area contributed by atoms with Crippen molar-refractivity contribution in [2.45, 2.75) is 13.8 Å². The molecule has 0 aliphatic carbocycles. The van der Waals surface area contributed by atoms with E-state index in [2.05, 4.69) is 10.1 Å². The van der Waals surface area contributed by atoms with E-state index in [1.165, 1.54) is 0 Å². The molecule has 0 amide bonds. The number of rotatable bonds is 5. The van der Waals surface area contributed by atoms with Crippen LogP contribution in [-0.4, -0.2) is 20.6 Å². The van der Waals surface area contributed by atoms with E-state index in [4.69, 9.17) is 9.79 Å². The van der Waals surface area contributed by atoms with Gasteiger partial charge in [-0.3, -0.25) is 14.6 Å². The van der Waals surface area contributed by atoms with Gasteiger partial charge in [0.25, 0.3) is 0 Å². The molecule has 0 aliphatic rings. The molecule has 0 bridgehead atoms. The van der Waals surface area contributed by atoms with E-state index in [-0.39, 0.29) is 0 Å². The molecule has 0 fully saturated rings. The molecule has 0 spiro atoms. The van der Waals surface area contributed by atoms with E-state index in [1.807, 2.05) is 13.8 Å². The number of hydrogen-bond donors (Lipinski definition) is 4. The van der Waals surface area contributed by atoms with Crippen LogP contribution in [0.4, 0.5) is 5.69 Å². The van der Waals surface area contributed by atoms with Gasteiger partial charge in [0.1, 0.15) is 0 Å². The Bertz CT molecular complexity index is 526. The molecule has 9 heteroatoms. The van der Waals surface area contributed by atoms with Crippen LogP contribution in [0, 0.1) is 13.8 Å². The lowest BCUT2D eigenvalue weighted by molar-refractivity contribution is 0.310. The van der Waals surface area contributed by atoms with Crippen molar-refractivity contribution in [3.8, 4) is 0 Å². The Morgan fingerprint density at radius 2 is 1.78 bits per heavy atom. The molecule has 1 atom stereocenters. The number of benzene rings is 1. The first-order valence-corrected chi connectivity index (χ1v) is 8.53. The third-order valence-corrected chi connectivity index (χ3v) is 5.46. The zero-order valence-electron chi connectivity index (χ0n) is 9.90. The van der Waals surface area contributed by atoms with Crippen molar-refractivity contribution in [1.29, 1.82) is 0 Å². The maximum atomic E-state index is 11.3. The van der Waals surface area contributed by atoms with Crippen molar-refractivity contribution >= 4 is 20.9 Å². The van der Waals surface area contributed by atoms with Gasteiger partial charge in [-0.25, -0.2) is 0 Å². The molecule has 0 radical (unpaired) electrons. The third kappa shape index (κ3) is 5.31. The molecule has 1 aromatic rings. The van der Waals surface area contributed by atoms with E-state index < -0.39 is 21.1 Å². The summed E-state index contributed by atoms with van der Waals surface area (Å²) in [5.41, 5.74) is 4.64. The van der Waals surface area contributed by atoms with Gasteiger partial charge in [0, 0.05) is 0 Å². The molecule has 1 rings (SSSR count). The van der Waals surface area contributed by atoms with Crippen LogP contribution in [0.3, 0.4) is 0 Å². The van der Waals surface area contributed by atoms with Gasteiger partial charge in [0.15, 0.2) is 5.90 Å². The fourth-order valence-electron chi connectivity index (χ4n) is 1.19. The van der Waals surface area contributed by atoms with Crippen LogP contribution in [-0.2, 0) is 13.8 Å². The van der Waals surface area contributed by atoms with E-state index in [9.17, 15) is 14.0 Å². The van der Waals surface area contributed by atoms with Crippen molar-refractivity contribution in [3.05, 3.63) is 29.3 Å². The van der Waals surface area contributed by atoms with Crippen LogP contribution in [0.2, 0.25) is 0 Å². The predicted octanol–water partition coefficient (Wildman–Crippen LogP) is 1.97. The molecule has 0 saturated carbocycles. The minimum Gasteiger partial charge on any atom is -0.324 e. The van der Waals surface area contributed by atoms with Crippen molar-refractivity contribution in [3.63, 3.8) is 0 Å². The summed E-state index contributed by atoms with van der Waals surface area (Å²) in [4.78, 5) is 26.4. The average Bonchev–Trinajstić information content (AvgIpc) is 2.16. The predicted molar refractivity (Wildman–Crippen MR) is 67.4 cm³/mol. The molecule has 0 heterocycles. The number of nitrogens with one attached hydrogen (secondary N) is 1. The van der Waals surface area contributed by atoms with E-state index in [0.717, 1.165) is 11.1 Å². The molecule has 4 N–H and O–H groups in total. The summed E-state index contributed by atoms with van der Waals surface area (Å²) in [6.07, 6.45) is 0. The van der Waals surface area contributed by atoms with Gasteiger partial charge < -0.3 is 14.7 Å². The highest BCUT2D eigenvalue weighted by atomic mass is 31.2. The third-order valence-electron chi connectivity index (χ3n) is 2.18. The average molecular weight is 295 g/mol. The Balaban J connectivity index is 2.67. The highest BCUT2D eigenvalue weighted by molar-refractivity contribution is 7.70. The molecule has 0 aliphatic heterocycles. The number of anilines is 1. The summed E-state index contributed by atoms with van der Waals surface area (Å²) < 4.78 is 26.4. The Morgan fingerprint density at radius 1 is 1.17 bits per heavy atom. The van der Waals surface area contributed by atoms with E-state index in [0.29, 0.717) is 5.69 Å². The smallest absolute Gasteiger partial charge is 0.324 e. The maximum Gasteiger partial charge on any atom is 0.361 e. The molecule has 102 valence electrons. The lowest BCUT2D eigenvalue weighted by Crippen LogP contribution is -2.03. The van der Waals surface area contributed by atoms with Crippen molar-refractivity contribution in [2.75, 3.05) is 11.4 Å². The number of hydrogen-bond acceptors (Lipinski definition) is 4. The fourth-order valence-corrected chi connectivity index (χ4v) is 3.53. The van der Waals surface area contributed by atoms with Gasteiger partial charge in [0.2, 0.25) is 0 Å². The summed E-state index contributed by atoms with van der Waals surface area (Å²) in [5.74, 6) is -1.22. The quantitative estimate of drug-likeness (QED) is 0.484. The van der Waals surface area contributed by atoms with Gasteiger partial charge >= 0.3 is 15.2 Å². The Morgan fingerprint density at radius 3 is 2.28 bits per heavy atom. The highest BCUT2D eigenvalue weighted by Crippen LogP contribution is 2.55. The SMILES string of the molecule is Cc1ccc(NOP(=O)(O)CP(=O)(O)O)cc1C. The first-order valence-electron chi connectivity index (χ1n) is 4.97. The summed E-state index contributed by atoms with van der Waals surface area (Å²) in [5, 5.41) is 0. The first kappa shape index (κ1) is 15.4. The topological polar surface area (TPSA) is 116 Å². The lowest BCUT2D eigenvalue weighted by Gasteiger charge is -2.14. The van der Waals surface area contributed by atoms with Crippen LogP contribution >= 0.6 is 15.2 Å². The molecule has 1 aromatic carbocycles. The van der Waals surface area contributed by atoms with Gasteiger partial charge in [-0.2, -0.15) is 4.62 Å². The number of aryl methyl sites for hydroxylation is 2. The molecular weight excluding hydrogens is 280 g/mol. The molecular formula is C9H15NO6P2. The summed E-state index contributed by atoms with van der Waals surface area (Å²) in [7, 11) is -8.98. The second kappa shape index (κ2) is 5.53. The largest absolute Gasteiger partial charge is 0.361 e. The van der Waals surface area contributed by atoms with Crippen LogP contribution in [0.15, 0.2) is 18.2 Å². The lowest BCUT2D eigenvalue weighted by atomic mass is 10.1. The van der Waals surface area contributed by atoms with E-state index in [1.54, 1.807) is 18.2 Å². The molecule has 18 heavy (non-hydrogen) atoms. The highest BCUT2D eigenvalue weighted by Gasteiger charge is 2.31. The van der Waals surface area contributed by atoms with Gasteiger partial charge in [-0.05, 0) is 37.1 Å². The minimum atomic E-state index is -4.60. The van der Waals surface area contributed by atoms with Crippen molar-refractivity contribution in [2.24, 2.45) is 0 Å². The van der Waals surface area contributed by atoms with Gasteiger partial charge in [-0.15, -0.1) is 0 Å². The summed E-state index contributed by atoms with van der Waals surface area (Å²) >= 11 is 0. The van der Waals surface area contributed by atoms with Crippen LogP contribution in [0.5, 0.6) is 0 Å². The molecule has 0 saturated heterocycles. The molecule has 1 unspecified atom stereocenters. The standard InChI is InChI=1S/C9H15NO6P2/c1-7-3-4-9(5-8(7)2)10-16-18(14,15)6-17(11,12)13/h3-5,10H,6H2,1-2H3,(H,14,15)(H2,11,12,13). The molecule has 0 aromatic heterocycles. The van der Waals surface area contributed by atoms with Crippen LogP contribution in [0.1, 0.15) is 11.1 Å². The first-order chi connectivity index (χ1) is 8.09. The Hall–Kier alpha value is -0.680. The van der Waals surface area contributed by atoms with Crippen molar-refractivity contribution in [1.82, 2.24) is 0 Å². The molecule has 7 nitrogen and oxygen atoms in total. The fraction of sp³-hybridized carbons (Fsp3) is 0.333. The van der Waals surface area contributed by atoms with Gasteiger partial charge in [-0.1, -0.05) is 6.07 Å².